The zero-order valence-electron chi connectivity index (χ0n) is 13.0. The summed E-state index contributed by atoms with van der Waals surface area (Å²) in [5, 5.41) is 0. The van der Waals surface area contributed by atoms with Crippen LogP contribution in [-0.4, -0.2) is 30.2 Å². The Morgan fingerprint density at radius 1 is 1.16 bits per heavy atom. The maximum absolute atomic E-state index is 13.3. The molecule has 1 amide bonds. The van der Waals surface area contributed by atoms with Gasteiger partial charge in [-0.3, -0.25) is 4.79 Å². The van der Waals surface area contributed by atoms with E-state index in [1.54, 1.807) is 6.92 Å². The Kier molecular flexibility index (Phi) is 5.55. The first kappa shape index (κ1) is 18.6. The van der Waals surface area contributed by atoms with Gasteiger partial charge in [0.25, 0.3) is 5.91 Å². The average Bonchev–Trinajstić information content (AvgIpc) is 2.56. The lowest BCUT2D eigenvalue weighted by Gasteiger charge is -2.21. The van der Waals surface area contributed by atoms with Crippen LogP contribution in [0.25, 0.3) is 0 Å². The van der Waals surface area contributed by atoms with Crippen LogP contribution in [0.5, 0.6) is 5.88 Å². The standard InChI is InChI=1S/C16H13F5N2O2/c1-2-23(11-4-5-12(17)13(18)7-11)15(24)10-3-6-14(22-8-10)25-9-16(19,20)21/h3-8H,2,9H2,1H3. The Hall–Kier alpha value is -2.71. The van der Waals surface area contributed by atoms with Crippen molar-refractivity contribution in [1.82, 2.24) is 4.98 Å². The van der Waals surface area contributed by atoms with Crippen molar-refractivity contribution in [1.29, 1.82) is 0 Å². The molecule has 2 rings (SSSR count). The second-order valence-corrected chi connectivity index (χ2v) is 4.94. The number of anilines is 1. The van der Waals surface area contributed by atoms with Gasteiger partial charge in [0, 0.05) is 30.6 Å². The maximum Gasteiger partial charge on any atom is 0.422 e. The SMILES string of the molecule is CCN(C(=O)c1ccc(OCC(F)(F)F)nc1)c1ccc(F)c(F)c1. The van der Waals surface area contributed by atoms with E-state index in [4.69, 9.17) is 0 Å². The predicted octanol–water partition coefficient (Wildman–Crippen LogP) is 3.97. The number of aromatic nitrogens is 1. The van der Waals surface area contributed by atoms with Crippen molar-refractivity contribution in [3.05, 3.63) is 53.7 Å². The van der Waals surface area contributed by atoms with Gasteiger partial charge in [-0.05, 0) is 25.1 Å². The van der Waals surface area contributed by atoms with Gasteiger partial charge in [0.15, 0.2) is 18.2 Å². The fourth-order valence-electron chi connectivity index (χ4n) is 2.00. The summed E-state index contributed by atoms with van der Waals surface area (Å²) < 4.78 is 67.0. The minimum atomic E-state index is -4.50. The van der Waals surface area contributed by atoms with Crippen LogP contribution < -0.4 is 9.64 Å². The Labute approximate surface area is 139 Å². The van der Waals surface area contributed by atoms with E-state index >= 15 is 0 Å². The Bertz CT molecular complexity index is 747. The van der Waals surface area contributed by atoms with Gasteiger partial charge in [0.2, 0.25) is 5.88 Å². The number of halogens is 5. The van der Waals surface area contributed by atoms with Crippen molar-refractivity contribution in [3.8, 4) is 5.88 Å². The highest BCUT2D eigenvalue weighted by Crippen LogP contribution is 2.21. The highest BCUT2D eigenvalue weighted by Gasteiger charge is 2.28. The summed E-state index contributed by atoms with van der Waals surface area (Å²) in [6.07, 6.45) is -3.45. The van der Waals surface area contributed by atoms with Crippen molar-refractivity contribution < 1.29 is 31.5 Å². The van der Waals surface area contributed by atoms with Gasteiger partial charge in [-0.1, -0.05) is 0 Å². The number of benzene rings is 1. The first-order valence-electron chi connectivity index (χ1n) is 7.14. The van der Waals surface area contributed by atoms with Gasteiger partial charge >= 0.3 is 6.18 Å². The molecule has 0 saturated heterocycles. The molecule has 0 radical (unpaired) electrons. The number of alkyl halides is 3. The molecule has 9 heteroatoms. The highest BCUT2D eigenvalue weighted by atomic mass is 19.4. The highest BCUT2D eigenvalue weighted by molar-refractivity contribution is 6.05. The van der Waals surface area contributed by atoms with Crippen LogP contribution in [0.3, 0.4) is 0 Å². The first-order chi connectivity index (χ1) is 11.7. The van der Waals surface area contributed by atoms with Crippen molar-refractivity contribution in [3.63, 3.8) is 0 Å². The van der Waals surface area contributed by atoms with Crippen LogP contribution in [0.1, 0.15) is 17.3 Å². The van der Waals surface area contributed by atoms with Gasteiger partial charge in [0.05, 0.1) is 5.56 Å². The number of carbonyl (C=O) groups excluding carboxylic acids is 1. The molecule has 0 bridgehead atoms. The Morgan fingerprint density at radius 2 is 1.88 bits per heavy atom. The number of hydrogen-bond acceptors (Lipinski definition) is 3. The third-order valence-electron chi connectivity index (χ3n) is 3.14. The summed E-state index contributed by atoms with van der Waals surface area (Å²) in [6.45, 7) is 0.298. The fourth-order valence-corrected chi connectivity index (χ4v) is 2.00. The summed E-state index contributed by atoms with van der Waals surface area (Å²) in [5.41, 5.74) is 0.203. The van der Waals surface area contributed by atoms with Crippen LogP contribution in [0.2, 0.25) is 0 Å². The molecule has 1 aromatic carbocycles. The number of ether oxygens (including phenoxy) is 1. The molecule has 134 valence electrons. The second kappa shape index (κ2) is 7.45. The van der Waals surface area contributed by atoms with Crippen molar-refractivity contribution in [2.24, 2.45) is 0 Å². The average molecular weight is 360 g/mol. The van der Waals surface area contributed by atoms with E-state index in [-0.39, 0.29) is 23.7 Å². The molecular formula is C16H13F5N2O2. The molecule has 2 aromatic rings. The lowest BCUT2D eigenvalue weighted by atomic mass is 10.2. The first-order valence-corrected chi connectivity index (χ1v) is 7.14. The Balaban J connectivity index is 2.16. The molecule has 0 aliphatic rings. The largest absolute Gasteiger partial charge is 0.468 e. The van der Waals surface area contributed by atoms with E-state index < -0.39 is 30.3 Å². The van der Waals surface area contributed by atoms with Gasteiger partial charge in [0.1, 0.15) is 0 Å². The number of pyridine rings is 1. The molecule has 0 aliphatic carbocycles. The monoisotopic (exact) mass is 360 g/mol. The minimum Gasteiger partial charge on any atom is -0.468 e. The van der Waals surface area contributed by atoms with Gasteiger partial charge in [-0.2, -0.15) is 13.2 Å². The number of rotatable bonds is 5. The zero-order chi connectivity index (χ0) is 18.6. The molecular weight excluding hydrogens is 347 g/mol. The summed E-state index contributed by atoms with van der Waals surface area (Å²) in [4.78, 5) is 17.3. The molecule has 1 aromatic heterocycles. The van der Waals surface area contributed by atoms with Gasteiger partial charge in [-0.25, -0.2) is 13.8 Å². The number of amides is 1. The molecule has 0 saturated carbocycles. The lowest BCUT2D eigenvalue weighted by Crippen LogP contribution is -2.30. The topological polar surface area (TPSA) is 42.4 Å². The summed E-state index contributed by atoms with van der Waals surface area (Å²) in [5.74, 6) is -2.99. The maximum atomic E-state index is 13.3. The van der Waals surface area contributed by atoms with Crippen molar-refractivity contribution in [2.75, 3.05) is 18.1 Å². The van der Waals surface area contributed by atoms with E-state index in [0.717, 1.165) is 24.4 Å². The molecule has 1 heterocycles. The Morgan fingerprint density at radius 3 is 2.40 bits per heavy atom. The normalized spacial score (nSPS) is 11.3. The van der Waals surface area contributed by atoms with Crippen molar-refractivity contribution in [2.45, 2.75) is 13.1 Å². The quantitative estimate of drug-likeness (QED) is 0.758. The van der Waals surface area contributed by atoms with Crippen LogP contribution in [0, 0.1) is 11.6 Å². The van der Waals surface area contributed by atoms with E-state index in [2.05, 4.69) is 9.72 Å². The lowest BCUT2D eigenvalue weighted by molar-refractivity contribution is -0.154. The molecule has 0 atom stereocenters. The molecule has 0 fully saturated rings. The second-order valence-electron chi connectivity index (χ2n) is 4.94. The molecule has 25 heavy (non-hydrogen) atoms. The number of carbonyl (C=O) groups is 1. The zero-order valence-corrected chi connectivity index (χ0v) is 13.0. The third-order valence-corrected chi connectivity index (χ3v) is 3.14. The minimum absolute atomic E-state index is 0.0611. The van der Waals surface area contributed by atoms with Gasteiger partial charge in [-0.15, -0.1) is 0 Å². The van der Waals surface area contributed by atoms with Crippen LogP contribution in [0.4, 0.5) is 27.6 Å². The summed E-state index contributed by atoms with van der Waals surface area (Å²) >= 11 is 0. The predicted molar refractivity (Wildman–Crippen MR) is 79.5 cm³/mol. The summed E-state index contributed by atoms with van der Waals surface area (Å²) in [6, 6.07) is 5.38. The number of hydrogen-bond donors (Lipinski definition) is 0. The number of nitrogens with zero attached hydrogens (tertiary/aromatic N) is 2. The molecule has 4 nitrogen and oxygen atoms in total. The fraction of sp³-hybridized carbons (Fsp3) is 0.250. The van der Waals surface area contributed by atoms with Crippen molar-refractivity contribution >= 4 is 11.6 Å². The van der Waals surface area contributed by atoms with Crippen LogP contribution in [0.15, 0.2) is 36.5 Å². The third kappa shape index (κ3) is 4.88. The van der Waals surface area contributed by atoms with E-state index in [1.807, 2.05) is 0 Å². The van der Waals surface area contributed by atoms with Crippen LogP contribution >= 0.6 is 0 Å². The smallest absolute Gasteiger partial charge is 0.422 e. The molecule has 0 unspecified atom stereocenters. The van der Waals surface area contributed by atoms with E-state index in [1.165, 1.54) is 17.0 Å². The van der Waals surface area contributed by atoms with E-state index in [0.29, 0.717) is 0 Å². The van der Waals surface area contributed by atoms with Gasteiger partial charge < -0.3 is 9.64 Å². The van der Waals surface area contributed by atoms with Crippen LogP contribution in [-0.2, 0) is 0 Å². The summed E-state index contributed by atoms with van der Waals surface area (Å²) in [7, 11) is 0. The molecule has 0 spiro atoms. The molecule has 0 aliphatic heterocycles. The van der Waals surface area contributed by atoms with E-state index in [9.17, 15) is 26.7 Å². The molecule has 0 N–H and O–H groups in total.